The van der Waals surface area contributed by atoms with Crippen molar-refractivity contribution >= 4 is 69.6 Å². The van der Waals surface area contributed by atoms with Gasteiger partial charge in [0.15, 0.2) is 0 Å². The number of allylic oxidation sites excluding steroid dienone is 2. The summed E-state index contributed by atoms with van der Waals surface area (Å²) in [6.07, 6.45) is 2.81. The average Bonchev–Trinajstić information content (AvgIpc) is 1.92. The van der Waals surface area contributed by atoms with Gasteiger partial charge in [0.05, 0.1) is 5.03 Å². The summed E-state index contributed by atoms with van der Waals surface area (Å²) in [7, 11) is 0. The predicted molar refractivity (Wildman–Crippen MR) is 59.9 cm³/mol. The van der Waals surface area contributed by atoms with Gasteiger partial charge in [0, 0.05) is 11.8 Å². The maximum Gasteiger partial charge on any atom is 0.224 e. The highest BCUT2D eigenvalue weighted by Gasteiger charge is 2.34. The van der Waals surface area contributed by atoms with E-state index in [1.807, 2.05) is 0 Å². The summed E-state index contributed by atoms with van der Waals surface area (Å²) in [5, 5.41) is 2.73. The van der Waals surface area contributed by atoms with E-state index < -0.39 is 8.25 Å². The normalized spacial score (nSPS) is 21.7. The van der Waals surface area contributed by atoms with Crippen LogP contribution in [0, 0.1) is 0 Å². The molecule has 1 rings (SSSR count). The smallest absolute Gasteiger partial charge is 0.224 e. The van der Waals surface area contributed by atoms with Gasteiger partial charge in [-0.1, -0.05) is 69.6 Å². The van der Waals surface area contributed by atoms with Crippen LogP contribution in [0.15, 0.2) is 22.9 Å². The van der Waals surface area contributed by atoms with Crippen molar-refractivity contribution in [1.82, 2.24) is 5.32 Å². The van der Waals surface area contributed by atoms with Gasteiger partial charge >= 0.3 is 0 Å². The summed E-state index contributed by atoms with van der Waals surface area (Å²) in [6.45, 7) is 0. The number of alkyl halides is 5. The van der Waals surface area contributed by atoms with Gasteiger partial charge in [0.2, 0.25) is 8.25 Å². The van der Waals surface area contributed by atoms with Gasteiger partial charge in [-0.3, -0.25) is 0 Å². The van der Waals surface area contributed by atoms with Gasteiger partial charge in [-0.2, -0.15) is 0 Å². The van der Waals surface area contributed by atoms with Crippen molar-refractivity contribution in [2.45, 2.75) is 8.25 Å². The Labute approximate surface area is 106 Å². The van der Waals surface area contributed by atoms with Gasteiger partial charge in [0.1, 0.15) is 0 Å². The van der Waals surface area contributed by atoms with Crippen LogP contribution in [0.25, 0.3) is 0 Å². The van der Waals surface area contributed by atoms with E-state index in [0.717, 1.165) is 0 Å². The highest BCUT2D eigenvalue weighted by Crippen LogP contribution is 2.41. The van der Waals surface area contributed by atoms with Crippen LogP contribution in [0.1, 0.15) is 0 Å². The van der Waals surface area contributed by atoms with Gasteiger partial charge < -0.3 is 5.32 Å². The largest absolute Gasteiger partial charge is 0.356 e. The second-order valence-electron chi connectivity index (χ2n) is 2.31. The zero-order valence-corrected chi connectivity index (χ0v) is 10.5. The standard InChI is InChI=1S/C6H3Cl6N/c7-4-1-3(5(8,9)10)2-13-6(4,11)12/h1-2,13H. The molecule has 0 amide bonds. The number of halogens is 6. The molecule has 0 fully saturated rings. The van der Waals surface area contributed by atoms with Crippen LogP contribution in [0.5, 0.6) is 0 Å². The van der Waals surface area contributed by atoms with Gasteiger partial charge in [0.25, 0.3) is 0 Å². The second-order valence-corrected chi connectivity index (χ2v) is 6.32. The summed E-state index contributed by atoms with van der Waals surface area (Å²) >= 11 is 34.0. The molecule has 0 aromatic carbocycles. The van der Waals surface area contributed by atoms with Crippen LogP contribution in [0.4, 0.5) is 0 Å². The second kappa shape index (κ2) is 3.88. The average molecular weight is 302 g/mol. The molecule has 1 nitrogen and oxygen atoms in total. The number of hydrogen-bond donors (Lipinski definition) is 1. The minimum absolute atomic E-state index is 0.152. The molecule has 1 N–H and O–H groups in total. The Morgan fingerprint density at radius 2 is 1.77 bits per heavy atom. The summed E-state index contributed by atoms with van der Waals surface area (Å²) in [6, 6.07) is 0. The molecule has 0 atom stereocenters. The lowest BCUT2D eigenvalue weighted by atomic mass is 10.2. The molecular weight excluding hydrogens is 299 g/mol. The third-order valence-electron chi connectivity index (χ3n) is 1.32. The molecule has 0 saturated heterocycles. The fourth-order valence-electron chi connectivity index (χ4n) is 0.670. The first-order valence-electron chi connectivity index (χ1n) is 3.04. The molecule has 13 heavy (non-hydrogen) atoms. The molecule has 0 aliphatic carbocycles. The lowest BCUT2D eigenvalue weighted by molar-refractivity contribution is 0.803. The molecule has 74 valence electrons. The molecule has 1 aliphatic rings. The maximum absolute atomic E-state index is 5.73. The van der Waals surface area contributed by atoms with Gasteiger partial charge in [-0.05, 0) is 6.08 Å². The van der Waals surface area contributed by atoms with Crippen molar-refractivity contribution in [1.29, 1.82) is 0 Å². The zero-order chi connectivity index (χ0) is 10.3. The van der Waals surface area contributed by atoms with Gasteiger partial charge in [-0.15, -0.1) is 0 Å². The van der Waals surface area contributed by atoms with Crippen molar-refractivity contribution < 1.29 is 0 Å². The Kier molecular flexibility index (Phi) is 3.61. The third-order valence-corrected chi connectivity index (χ3v) is 3.18. The lowest BCUT2D eigenvalue weighted by Crippen LogP contribution is -2.34. The summed E-state index contributed by atoms with van der Waals surface area (Å²) in [5.74, 6) is 0. The number of hydrogen-bond acceptors (Lipinski definition) is 1. The van der Waals surface area contributed by atoms with Crippen LogP contribution >= 0.6 is 69.6 Å². The highest BCUT2D eigenvalue weighted by molar-refractivity contribution is 6.69. The molecule has 7 heteroatoms. The first kappa shape index (κ1) is 12.1. The fraction of sp³-hybridized carbons (Fsp3) is 0.333. The molecule has 1 heterocycles. The molecule has 1 aliphatic heterocycles. The Morgan fingerprint density at radius 3 is 2.15 bits per heavy atom. The Morgan fingerprint density at radius 1 is 1.23 bits per heavy atom. The van der Waals surface area contributed by atoms with Crippen molar-refractivity contribution in [2.75, 3.05) is 0 Å². The number of dihydropyridines is 1. The van der Waals surface area contributed by atoms with Crippen LogP contribution < -0.4 is 5.32 Å². The molecule has 0 bridgehead atoms. The Bertz CT molecular complexity index is 273. The topological polar surface area (TPSA) is 12.0 Å². The Balaban J connectivity index is 2.95. The minimum atomic E-state index is -1.54. The summed E-state index contributed by atoms with van der Waals surface area (Å²) in [5.41, 5.74) is 0.374. The van der Waals surface area contributed by atoms with E-state index in [2.05, 4.69) is 5.32 Å². The van der Waals surface area contributed by atoms with Crippen molar-refractivity contribution in [2.24, 2.45) is 0 Å². The van der Waals surface area contributed by atoms with Crippen molar-refractivity contribution in [3.8, 4) is 0 Å². The van der Waals surface area contributed by atoms with E-state index in [0.29, 0.717) is 5.57 Å². The Hall–Kier alpha value is 1.02. The van der Waals surface area contributed by atoms with Crippen molar-refractivity contribution in [3.63, 3.8) is 0 Å². The molecule has 0 aromatic heterocycles. The van der Waals surface area contributed by atoms with Crippen molar-refractivity contribution in [3.05, 3.63) is 22.9 Å². The molecular formula is C6H3Cl6N. The van der Waals surface area contributed by atoms with E-state index in [4.69, 9.17) is 69.6 Å². The van der Waals surface area contributed by atoms with Gasteiger partial charge in [-0.25, -0.2) is 0 Å². The monoisotopic (exact) mass is 299 g/mol. The number of rotatable bonds is 0. The summed E-state index contributed by atoms with van der Waals surface area (Å²) in [4.78, 5) is 0. The number of nitrogens with one attached hydrogen (secondary N) is 1. The molecule has 0 unspecified atom stereocenters. The summed E-state index contributed by atoms with van der Waals surface area (Å²) < 4.78 is -2.89. The van der Waals surface area contributed by atoms with Crippen LogP contribution in [0.2, 0.25) is 0 Å². The fourth-order valence-corrected chi connectivity index (χ4v) is 1.39. The predicted octanol–water partition coefficient (Wildman–Crippen LogP) is 4.10. The van der Waals surface area contributed by atoms with E-state index in [-0.39, 0.29) is 5.03 Å². The highest BCUT2D eigenvalue weighted by atomic mass is 35.6. The van der Waals surface area contributed by atoms with Crippen LogP contribution in [-0.2, 0) is 0 Å². The van der Waals surface area contributed by atoms with E-state index in [1.165, 1.54) is 12.3 Å². The molecule has 0 spiro atoms. The third kappa shape index (κ3) is 2.98. The quantitative estimate of drug-likeness (QED) is 0.525. The maximum atomic E-state index is 5.73. The minimum Gasteiger partial charge on any atom is -0.356 e. The molecule has 0 saturated carbocycles. The lowest BCUT2D eigenvalue weighted by Gasteiger charge is -2.26. The molecule has 0 aromatic rings. The van der Waals surface area contributed by atoms with Crippen LogP contribution in [-0.4, -0.2) is 8.25 Å². The first-order chi connectivity index (χ1) is 5.73. The van der Waals surface area contributed by atoms with E-state index in [9.17, 15) is 0 Å². The van der Waals surface area contributed by atoms with E-state index in [1.54, 1.807) is 0 Å². The van der Waals surface area contributed by atoms with E-state index >= 15 is 0 Å². The molecule has 0 radical (unpaired) electrons. The SMILES string of the molecule is ClC1=CC(C(Cl)(Cl)Cl)=CNC1(Cl)Cl. The zero-order valence-electron chi connectivity index (χ0n) is 5.92. The first-order valence-corrected chi connectivity index (χ1v) is 5.31. The van der Waals surface area contributed by atoms with Crippen LogP contribution in [0.3, 0.4) is 0 Å².